The van der Waals surface area contributed by atoms with Crippen LogP contribution in [0, 0.1) is 6.92 Å². The van der Waals surface area contributed by atoms with E-state index in [1.165, 1.54) is 7.11 Å². The van der Waals surface area contributed by atoms with Gasteiger partial charge in [-0.25, -0.2) is 14.8 Å². The smallest absolute Gasteiger partial charge is 0.347 e. The third kappa shape index (κ3) is 6.67. The zero-order valence-electron chi connectivity index (χ0n) is 24.2. The summed E-state index contributed by atoms with van der Waals surface area (Å²) in [5, 5.41) is 0. The van der Waals surface area contributed by atoms with Gasteiger partial charge in [-0.15, -0.1) is 0 Å². The van der Waals surface area contributed by atoms with Gasteiger partial charge in [-0.3, -0.25) is 0 Å². The maximum Gasteiger partial charge on any atom is 0.347 e. The Morgan fingerprint density at radius 3 is 2.21 bits per heavy atom. The SMILES string of the molecule is COC(=O)[C@H](Cc1ccc2oc(CCCc3nc(-c4ccccc4)oc3C)nc2c1)Oc1ccc(-c2ccccc2)cc1. The van der Waals surface area contributed by atoms with Crippen molar-refractivity contribution in [2.45, 2.75) is 38.7 Å². The molecule has 0 amide bonds. The van der Waals surface area contributed by atoms with Crippen LogP contribution in [-0.2, 0) is 28.8 Å². The Balaban J connectivity index is 1.09. The van der Waals surface area contributed by atoms with Crippen molar-refractivity contribution in [3.63, 3.8) is 0 Å². The molecule has 7 heteroatoms. The quantitative estimate of drug-likeness (QED) is 0.146. The van der Waals surface area contributed by atoms with Gasteiger partial charge in [-0.2, -0.15) is 0 Å². The van der Waals surface area contributed by atoms with E-state index >= 15 is 0 Å². The Bertz CT molecular complexity index is 1810. The fraction of sp³-hybridized carbons (Fsp3) is 0.194. The first kappa shape index (κ1) is 28.0. The predicted molar refractivity (Wildman–Crippen MR) is 165 cm³/mol. The summed E-state index contributed by atoms with van der Waals surface area (Å²) in [6.07, 6.45) is 1.78. The van der Waals surface area contributed by atoms with Crippen molar-refractivity contribution in [2.75, 3.05) is 7.11 Å². The molecule has 0 bridgehead atoms. The highest BCUT2D eigenvalue weighted by molar-refractivity contribution is 5.77. The number of rotatable bonds is 11. The molecule has 2 aromatic heterocycles. The van der Waals surface area contributed by atoms with Crippen LogP contribution in [0.25, 0.3) is 33.7 Å². The lowest BCUT2D eigenvalue weighted by Crippen LogP contribution is -2.30. The van der Waals surface area contributed by atoms with E-state index in [4.69, 9.17) is 28.3 Å². The number of esters is 1. The molecule has 0 aliphatic heterocycles. The van der Waals surface area contributed by atoms with Gasteiger partial charge in [0.05, 0.1) is 12.8 Å². The van der Waals surface area contributed by atoms with Gasteiger partial charge in [-0.05, 0) is 72.9 Å². The van der Waals surface area contributed by atoms with Gasteiger partial charge in [0.25, 0.3) is 0 Å². The number of aryl methyl sites for hydroxylation is 3. The zero-order valence-corrected chi connectivity index (χ0v) is 24.2. The third-order valence-electron chi connectivity index (χ3n) is 7.34. The molecule has 6 rings (SSSR count). The summed E-state index contributed by atoms with van der Waals surface area (Å²) < 4.78 is 23.0. The highest BCUT2D eigenvalue weighted by Crippen LogP contribution is 2.26. The van der Waals surface area contributed by atoms with Crippen molar-refractivity contribution in [3.05, 3.63) is 126 Å². The van der Waals surface area contributed by atoms with Crippen molar-refractivity contribution in [3.8, 4) is 28.3 Å². The number of fused-ring (bicyclic) bond motifs is 1. The summed E-state index contributed by atoms with van der Waals surface area (Å²) in [7, 11) is 1.37. The summed E-state index contributed by atoms with van der Waals surface area (Å²) in [5.74, 6) is 2.29. The Hall–Kier alpha value is -5.17. The van der Waals surface area contributed by atoms with Crippen LogP contribution in [0.1, 0.15) is 29.3 Å². The summed E-state index contributed by atoms with van der Waals surface area (Å²) >= 11 is 0. The van der Waals surface area contributed by atoms with Crippen LogP contribution in [0.3, 0.4) is 0 Å². The standard InChI is InChI=1S/C36H32N2O5/c1-24-30(38-35(41-24)28-12-7-4-8-13-28)14-9-15-34-37-31-22-25(16-21-32(31)43-34)23-33(36(39)40-2)42-29-19-17-27(18-20-29)26-10-5-3-6-11-26/h3-8,10-13,16-22,33H,9,14-15,23H2,1-2H3/t33-/m0/s1. The van der Waals surface area contributed by atoms with Gasteiger partial charge >= 0.3 is 5.97 Å². The van der Waals surface area contributed by atoms with E-state index in [1.807, 2.05) is 97.9 Å². The number of carbonyl (C=O) groups excluding carboxylic acids is 1. The molecule has 4 aromatic carbocycles. The number of methoxy groups -OCH3 is 1. The lowest BCUT2D eigenvalue weighted by molar-refractivity contribution is -0.148. The van der Waals surface area contributed by atoms with Gasteiger partial charge in [0.15, 0.2) is 17.6 Å². The summed E-state index contributed by atoms with van der Waals surface area (Å²) in [6.45, 7) is 1.95. The average molecular weight is 573 g/mol. The molecule has 0 saturated heterocycles. The Morgan fingerprint density at radius 2 is 1.49 bits per heavy atom. The molecule has 0 unspecified atom stereocenters. The van der Waals surface area contributed by atoms with E-state index < -0.39 is 12.1 Å². The molecule has 1 atom stereocenters. The van der Waals surface area contributed by atoms with E-state index in [-0.39, 0.29) is 0 Å². The fourth-order valence-electron chi connectivity index (χ4n) is 5.07. The van der Waals surface area contributed by atoms with Crippen molar-refractivity contribution < 1.29 is 23.1 Å². The molecule has 0 aliphatic carbocycles. The van der Waals surface area contributed by atoms with Crippen LogP contribution < -0.4 is 4.74 Å². The highest BCUT2D eigenvalue weighted by atomic mass is 16.6. The monoisotopic (exact) mass is 572 g/mol. The normalized spacial score (nSPS) is 11.9. The van der Waals surface area contributed by atoms with Crippen molar-refractivity contribution in [2.24, 2.45) is 0 Å². The lowest BCUT2D eigenvalue weighted by atomic mass is 10.1. The van der Waals surface area contributed by atoms with E-state index in [1.54, 1.807) is 0 Å². The van der Waals surface area contributed by atoms with Gasteiger partial charge < -0.3 is 18.3 Å². The van der Waals surface area contributed by atoms with Crippen LogP contribution in [0.15, 0.2) is 112 Å². The Labute approximate surface area is 250 Å². The second-order valence-corrected chi connectivity index (χ2v) is 10.4. The number of hydrogen-bond acceptors (Lipinski definition) is 7. The average Bonchev–Trinajstić information content (AvgIpc) is 3.63. The van der Waals surface area contributed by atoms with Gasteiger partial charge in [0.1, 0.15) is 17.0 Å². The van der Waals surface area contributed by atoms with Crippen LogP contribution in [0.2, 0.25) is 0 Å². The number of benzene rings is 4. The maximum absolute atomic E-state index is 12.6. The fourth-order valence-corrected chi connectivity index (χ4v) is 5.07. The molecule has 43 heavy (non-hydrogen) atoms. The molecule has 0 saturated carbocycles. The molecule has 0 aliphatic rings. The Morgan fingerprint density at radius 1 is 0.791 bits per heavy atom. The third-order valence-corrected chi connectivity index (χ3v) is 7.34. The van der Waals surface area contributed by atoms with Crippen molar-refractivity contribution >= 4 is 17.1 Å². The molecule has 6 aromatic rings. The van der Waals surface area contributed by atoms with E-state index in [9.17, 15) is 4.79 Å². The summed E-state index contributed by atoms with van der Waals surface area (Å²) in [5.41, 5.74) is 6.44. The maximum atomic E-state index is 12.6. The first-order valence-corrected chi connectivity index (χ1v) is 14.4. The minimum absolute atomic E-state index is 0.334. The van der Waals surface area contributed by atoms with Crippen LogP contribution in [0.5, 0.6) is 5.75 Å². The molecule has 0 fully saturated rings. The van der Waals surface area contributed by atoms with Gasteiger partial charge in [0.2, 0.25) is 5.89 Å². The van der Waals surface area contributed by atoms with E-state index in [0.29, 0.717) is 36.0 Å². The molecule has 7 nitrogen and oxygen atoms in total. The van der Waals surface area contributed by atoms with Crippen LogP contribution in [0.4, 0.5) is 0 Å². The summed E-state index contributed by atoms with van der Waals surface area (Å²) in [6, 6.07) is 33.5. The number of ether oxygens (including phenoxy) is 2. The highest BCUT2D eigenvalue weighted by Gasteiger charge is 2.23. The zero-order chi connectivity index (χ0) is 29.6. The molecule has 0 spiro atoms. The van der Waals surface area contributed by atoms with Gasteiger partial charge in [-0.1, -0.05) is 66.7 Å². The van der Waals surface area contributed by atoms with Gasteiger partial charge in [0, 0.05) is 18.4 Å². The minimum atomic E-state index is -0.803. The largest absolute Gasteiger partial charge is 0.478 e. The predicted octanol–water partition coefficient (Wildman–Crippen LogP) is 7.80. The molecule has 2 heterocycles. The molecular formula is C36H32N2O5. The van der Waals surface area contributed by atoms with Crippen LogP contribution >= 0.6 is 0 Å². The number of hydrogen-bond donors (Lipinski definition) is 0. The molecular weight excluding hydrogens is 540 g/mol. The molecule has 0 N–H and O–H groups in total. The first-order chi connectivity index (χ1) is 21.1. The first-order valence-electron chi connectivity index (χ1n) is 14.4. The Kier molecular flexibility index (Phi) is 8.31. The topological polar surface area (TPSA) is 87.6 Å². The second kappa shape index (κ2) is 12.8. The van der Waals surface area contributed by atoms with E-state index in [0.717, 1.165) is 52.1 Å². The summed E-state index contributed by atoms with van der Waals surface area (Å²) in [4.78, 5) is 22.0. The number of carbonyl (C=O) groups is 1. The van der Waals surface area contributed by atoms with Crippen molar-refractivity contribution in [1.82, 2.24) is 9.97 Å². The minimum Gasteiger partial charge on any atom is -0.478 e. The second-order valence-electron chi connectivity index (χ2n) is 10.4. The molecule has 0 radical (unpaired) electrons. The van der Waals surface area contributed by atoms with Crippen molar-refractivity contribution in [1.29, 1.82) is 0 Å². The molecule has 216 valence electrons. The number of oxazole rings is 2. The van der Waals surface area contributed by atoms with Crippen LogP contribution in [-0.4, -0.2) is 29.2 Å². The lowest BCUT2D eigenvalue weighted by Gasteiger charge is -2.17. The number of aromatic nitrogens is 2. The number of nitrogens with zero attached hydrogens (tertiary/aromatic N) is 2. The van der Waals surface area contributed by atoms with E-state index in [2.05, 4.69) is 12.1 Å².